The number of para-hydroxylation sites is 1. The third-order valence-electron chi connectivity index (χ3n) is 4.09. The Morgan fingerprint density at radius 1 is 1.19 bits per heavy atom. The molecule has 0 saturated carbocycles. The fourth-order valence-corrected chi connectivity index (χ4v) is 2.82. The first-order chi connectivity index (χ1) is 12.5. The Balaban J connectivity index is 1.63. The number of anilines is 1. The Morgan fingerprint density at radius 2 is 2.00 bits per heavy atom. The molecule has 0 unspecified atom stereocenters. The molecule has 1 amide bonds. The highest BCUT2D eigenvalue weighted by atomic mass is 19.1. The molecule has 0 aliphatic heterocycles. The van der Waals surface area contributed by atoms with E-state index in [1.54, 1.807) is 50.2 Å². The quantitative estimate of drug-likeness (QED) is 0.606. The Hall–Kier alpha value is -3.48. The van der Waals surface area contributed by atoms with Crippen LogP contribution < -0.4 is 5.32 Å². The van der Waals surface area contributed by atoms with Gasteiger partial charge in [0.05, 0.1) is 17.5 Å². The van der Waals surface area contributed by atoms with Gasteiger partial charge in [0.2, 0.25) is 0 Å². The Morgan fingerprint density at radius 3 is 2.81 bits per heavy atom. The fourth-order valence-electron chi connectivity index (χ4n) is 2.82. The van der Waals surface area contributed by atoms with Gasteiger partial charge in [0.25, 0.3) is 5.91 Å². The summed E-state index contributed by atoms with van der Waals surface area (Å²) in [5.74, 6) is -0.173. The van der Waals surface area contributed by atoms with E-state index in [9.17, 15) is 9.18 Å². The summed E-state index contributed by atoms with van der Waals surface area (Å²) in [4.78, 5) is 16.9. The first-order valence-corrected chi connectivity index (χ1v) is 8.01. The number of hydrogen-bond donors (Lipinski definition) is 1. The van der Waals surface area contributed by atoms with Gasteiger partial charge in [-0.25, -0.2) is 14.1 Å². The largest absolute Gasteiger partial charge is 0.441 e. The summed E-state index contributed by atoms with van der Waals surface area (Å²) < 4.78 is 20.8. The van der Waals surface area contributed by atoms with Crippen molar-refractivity contribution in [3.63, 3.8) is 0 Å². The molecular weight excluding hydrogens is 335 g/mol. The van der Waals surface area contributed by atoms with Gasteiger partial charge in [-0.05, 0) is 37.3 Å². The van der Waals surface area contributed by atoms with Crippen LogP contribution in [0.15, 0.2) is 53.1 Å². The normalized spacial score (nSPS) is 11.0. The predicted octanol–water partition coefficient (Wildman–Crippen LogP) is 4.02. The van der Waals surface area contributed by atoms with Gasteiger partial charge in [0.1, 0.15) is 17.0 Å². The predicted molar refractivity (Wildman–Crippen MR) is 95.0 cm³/mol. The summed E-state index contributed by atoms with van der Waals surface area (Å²) in [6.45, 7) is 3.48. The summed E-state index contributed by atoms with van der Waals surface area (Å²) in [5.41, 5.74) is 3.12. The van der Waals surface area contributed by atoms with Gasteiger partial charge < -0.3 is 9.73 Å². The maximum Gasteiger partial charge on any atom is 0.259 e. The van der Waals surface area contributed by atoms with Gasteiger partial charge in [0, 0.05) is 12.6 Å². The number of nitrogens with zero attached hydrogens (tertiary/aromatic N) is 3. The van der Waals surface area contributed by atoms with Crippen LogP contribution in [0.4, 0.5) is 10.1 Å². The lowest BCUT2D eigenvalue weighted by Crippen LogP contribution is -2.13. The van der Waals surface area contributed by atoms with Crippen LogP contribution in [0.2, 0.25) is 0 Å². The average Bonchev–Trinajstić information content (AvgIpc) is 3.17. The van der Waals surface area contributed by atoms with Gasteiger partial charge in [-0.3, -0.25) is 4.79 Å². The second kappa shape index (κ2) is 6.11. The second-order valence-corrected chi connectivity index (χ2v) is 5.88. The van der Waals surface area contributed by atoms with Gasteiger partial charge >= 0.3 is 0 Å². The molecule has 2 aromatic carbocycles. The molecule has 2 heterocycles. The van der Waals surface area contributed by atoms with E-state index < -0.39 is 5.82 Å². The molecule has 4 rings (SSSR count). The number of benzene rings is 2. The van der Waals surface area contributed by atoms with Crippen LogP contribution >= 0.6 is 0 Å². The van der Waals surface area contributed by atoms with Crippen molar-refractivity contribution in [2.24, 2.45) is 0 Å². The van der Waals surface area contributed by atoms with E-state index in [1.165, 1.54) is 16.9 Å². The monoisotopic (exact) mass is 350 g/mol. The number of aromatic nitrogens is 3. The van der Waals surface area contributed by atoms with Crippen molar-refractivity contribution in [3.05, 3.63) is 71.6 Å². The zero-order chi connectivity index (χ0) is 18.3. The molecule has 0 saturated heterocycles. The number of nitrogens with one attached hydrogen (secondary N) is 1. The van der Waals surface area contributed by atoms with E-state index in [1.807, 2.05) is 0 Å². The van der Waals surface area contributed by atoms with Gasteiger partial charge in [-0.1, -0.05) is 12.1 Å². The van der Waals surface area contributed by atoms with Crippen LogP contribution in [0.1, 0.15) is 21.9 Å². The molecule has 0 aliphatic carbocycles. The number of halogens is 1. The van der Waals surface area contributed by atoms with Crippen molar-refractivity contribution < 1.29 is 13.6 Å². The topological polar surface area (TPSA) is 73.0 Å². The summed E-state index contributed by atoms with van der Waals surface area (Å²) in [6.07, 6.45) is 1.43. The van der Waals surface area contributed by atoms with Crippen LogP contribution in [-0.4, -0.2) is 20.7 Å². The third kappa shape index (κ3) is 2.73. The summed E-state index contributed by atoms with van der Waals surface area (Å²) >= 11 is 0. The first kappa shape index (κ1) is 16.0. The second-order valence-electron chi connectivity index (χ2n) is 5.88. The van der Waals surface area contributed by atoms with Crippen molar-refractivity contribution >= 4 is 22.7 Å². The van der Waals surface area contributed by atoms with Crippen LogP contribution in [0.25, 0.3) is 16.8 Å². The van der Waals surface area contributed by atoms with Gasteiger partial charge in [0.15, 0.2) is 11.5 Å². The summed E-state index contributed by atoms with van der Waals surface area (Å²) in [6, 6.07) is 11.5. The summed E-state index contributed by atoms with van der Waals surface area (Å²) in [5, 5.41) is 6.96. The third-order valence-corrected chi connectivity index (χ3v) is 4.09. The lowest BCUT2D eigenvalue weighted by Gasteiger charge is -2.07. The maximum atomic E-state index is 14.0. The van der Waals surface area contributed by atoms with E-state index >= 15 is 0 Å². The Kier molecular flexibility index (Phi) is 3.76. The molecule has 26 heavy (non-hydrogen) atoms. The highest BCUT2D eigenvalue weighted by Gasteiger charge is 2.17. The number of hydrogen-bond acceptors (Lipinski definition) is 4. The average molecular weight is 350 g/mol. The van der Waals surface area contributed by atoms with Crippen LogP contribution in [-0.2, 0) is 0 Å². The number of amides is 1. The number of carbonyl (C=O) groups excluding carboxylic acids is 1. The summed E-state index contributed by atoms with van der Waals surface area (Å²) in [7, 11) is 0. The van der Waals surface area contributed by atoms with Crippen LogP contribution in [0.5, 0.6) is 0 Å². The van der Waals surface area contributed by atoms with E-state index in [2.05, 4.69) is 15.4 Å². The first-order valence-electron chi connectivity index (χ1n) is 8.01. The molecule has 7 heteroatoms. The minimum Gasteiger partial charge on any atom is -0.441 e. The van der Waals surface area contributed by atoms with E-state index in [0.29, 0.717) is 39.6 Å². The minimum atomic E-state index is -0.405. The molecule has 0 radical (unpaired) electrons. The SMILES string of the molecule is Cc1nc2cc(NC(=O)c3cnn(-c4ccccc4F)c3C)ccc2o1. The molecule has 130 valence electrons. The molecule has 0 aliphatic rings. The smallest absolute Gasteiger partial charge is 0.259 e. The van der Waals surface area contributed by atoms with E-state index in [4.69, 9.17) is 4.42 Å². The molecule has 0 spiro atoms. The molecule has 0 atom stereocenters. The highest BCUT2D eigenvalue weighted by molar-refractivity contribution is 6.05. The molecular formula is C19H15FN4O2. The van der Waals surface area contributed by atoms with Crippen molar-refractivity contribution in [1.82, 2.24) is 14.8 Å². The van der Waals surface area contributed by atoms with Gasteiger partial charge in [-0.2, -0.15) is 5.10 Å². The Labute approximate surface area is 148 Å². The minimum absolute atomic E-state index is 0.295. The molecule has 0 fully saturated rings. The fraction of sp³-hybridized carbons (Fsp3) is 0.105. The molecule has 4 aromatic rings. The zero-order valence-electron chi connectivity index (χ0n) is 14.2. The number of rotatable bonds is 3. The van der Waals surface area contributed by atoms with Crippen molar-refractivity contribution in [2.45, 2.75) is 13.8 Å². The Bertz CT molecular complexity index is 1130. The maximum absolute atomic E-state index is 14.0. The molecule has 1 N–H and O–H groups in total. The van der Waals surface area contributed by atoms with E-state index in [0.717, 1.165) is 0 Å². The lowest BCUT2D eigenvalue weighted by molar-refractivity contribution is 0.102. The number of fused-ring (bicyclic) bond motifs is 1. The highest BCUT2D eigenvalue weighted by Crippen LogP contribution is 2.21. The molecule has 2 aromatic heterocycles. The van der Waals surface area contributed by atoms with E-state index in [-0.39, 0.29) is 5.91 Å². The van der Waals surface area contributed by atoms with Gasteiger partial charge in [-0.15, -0.1) is 0 Å². The van der Waals surface area contributed by atoms with Crippen LogP contribution in [0.3, 0.4) is 0 Å². The van der Waals surface area contributed by atoms with Crippen molar-refractivity contribution in [3.8, 4) is 5.69 Å². The molecule has 0 bridgehead atoms. The number of carbonyl (C=O) groups is 1. The number of aryl methyl sites for hydroxylation is 1. The number of oxazole rings is 1. The van der Waals surface area contributed by atoms with Crippen molar-refractivity contribution in [2.75, 3.05) is 5.32 Å². The lowest BCUT2D eigenvalue weighted by atomic mass is 10.2. The standard InChI is InChI=1S/C19H15FN4O2/c1-11-14(10-21-24(11)17-6-4-3-5-15(17)20)19(25)23-13-7-8-18-16(9-13)22-12(2)26-18/h3-10H,1-2H3,(H,23,25). The van der Waals surface area contributed by atoms with Crippen molar-refractivity contribution in [1.29, 1.82) is 0 Å². The van der Waals surface area contributed by atoms with Crippen LogP contribution in [0, 0.1) is 19.7 Å². The zero-order valence-corrected chi connectivity index (χ0v) is 14.2. The molecule has 6 nitrogen and oxygen atoms in total.